The second-order valence-electron chi connectivity index (χ2n) is 5.68. The Morgan fingerprint density at radius 3 is 2.75 bits per heavy atom. The number of carbonyl (C=O) groups is 1. The summed E-state index contributed by atoms with van der Waals surface area (Å²) in [5.41, 5.74) is 0.373. The molecule has 20 heavy (non-hydrogen) atoms. The standard InChI is InChI=1S/C16H21NO3/c1-3-17-8-6-16(7-9-17)11-14(18)13-10-12(19-2)4-5-15(13)20-16/h4-5,10H,3,6-9,11H2,1-2H3. The molecule has 4 nitrogen and oxygen atoms in total. The number of ketones is 1. The van der Waals surface area contributed by atoms with Gasteiger partial charge in [-0.05, 0) is 24.7 Å². The fourth-order valence-corrected chi connectivity index (χ4v) is 3.16. The summed E-state index contributed by atoms with van der Waals surface area (Å²) in [5.74, 6) is 1.60. The Morgan fingerprint density at radius 1 is 1.35 bits per heavy atom. The normalized spacial score (nSPS) is 21.4. The summed E-state index contributed by atoms with van der Waals surface area (Å²) in [6.07, 6.45) is 2.35. The van der Waals surface area contributed by atoms with E-state index in [0.717, 1.165) is 32.5 Å². The molecule has 2 aliphatic rings. The maximum atomic E-state index is 12.4. The van der Waals surface area contributed by atoms with Crippen molar-refractivity contribution in [2.24, 2.45) is 0 Å². The first-order valence-electron chi connectivity index (χ1n) is 7.28. The van der Waals surface area contributed by atoms with Crippen LogP contribution in [0.3, 0.4) is 0 Å². The molecular formula is C16H21NO3. The van der Waals surface area contributed by atoms with Crippen LogP contribution >= 0.6 is 0 Å². The van der Waals surface area contributed by atoms with E-state index >= 15 is 0 Å². The van der Waals surface area contributed by atoms with E-state index < -0.39 is 0 Å². The van der Waals surface area contributed by atoms with Crippen LogP contribution in [0.1, 0.15) is 36.5 Å². The number of hydrogen-bond acceptors (Lipinski definition) is 4. The molecule has 0 aliphatic carbocycles. The van der Waals surface area contributed by atoms with Gasteiger partial charge < -0.3 is 14.4 Å². The number of hydrogen-bond donors (Lipinski definition) is 0. The summed E-state index contributed by atoms with van der Waals surface area (Å²) in [7, 11) is 1.61. The molecule has 0 bridgehead atoms. The monoisotopic (exact) mass is 275 g/mol. The SMILES string of the molecule is CCN1CCC2(CC1)CC(=O)c1cc(OC)ccc1O2. The van der Waals surface area contributed by atoms with Gasteiger partial charge in [0.25, 0.3) is 0 Å². The van der Waals surface area contributed by atoms with E-state index in [2.05, 4.69) is 11.8 Å². The molecule has 108 valence electrons. The van der Waals surface area contributed by atoms with Crippen molar-refractivity contribution in [1.82, 2.24) is 4.90 Å². The van der Waals surface area contributed by atoms with E-state index in [1.807, 2.05) is 12.1 Å². The summed E-state index contributed by atoms with van der Waals surface area (Å²) in [6, 6.07) is 5.50. The molecule has 3 rings (SSSR count). The first-order valence-corrected chi connectivity index (χ1v) is 7.28. The fraction of sp³-hybridized carbons (Fsp3) is 0.562. The second kappa shape index (κ2) is 5.09. The van der Waals surface area contributed by atoms with Gasteiger partial charge in [0.05, 0.1) is 19.1 Å². The van der Waals surface area contributed by atoms with Gasteiger partial charge in [-0.3, -0.25) is 4.79 Å². The van der Waals surface area contributed by atoms with E-state index in [9.17, 15) is 4.79 Å². The first kappa shape index (κ1) is 13.4. The number of methoxy groups -OCH3 is 1. The van der Waals surface area contributed by atoms with E-state index in [1.54, 1.807) is 13.2 Å². The molecule has 4 heteroatoms. The Labute approximate surface area is 119 Å². The number of piperidine rings is 1. The van der Waals surface area contributed by atoms with Gasteiger partial charge in [-0.2, -0.15) is 0 Å². The highest BCUT2D eigenvalue weighted by molar-refractivity contribution is 6.00. The van der Waals surface area contributed by atoms with Crippen LogP contribution in [0.15, 0.2) is 18.2 Å². The topological polar surface area (TPSA) is 38.8 Å². The third kappa shape index (κ3) is 2.29. The largest absolute Gasteiger partial charge is 0.497 e. The molecular weight excluding hydrogens is 254 g/mol. The van der Waals surface area contributed by atoms with Crippen LogP contribution in [-0.2, 0) is 0 Å². The number of carbonyl (C=O) groups excluding carboxylic acids is 1. The van der Waals surface area contributed by atoms with Crippen LogP contribution in [0, 0.1) is 0 Å². The molecule has 1 aromatic rings. The van der Waals surface area contributed by atoms with Crippen molar-refractivity contribution in [1.29, 1.82) is 0 Å². The molecule has 1 spiro atoms. The lowest BCUT2D eigenvalue weighted by Crippen LogP contribution is -2.50. The third-order valence-corrected chi connectivity index (χ3v) is 4.51. The van der Waals surface area contributed by atoms with Crippen LogP contribution < -0.4 is 9.47 Å². The zero-order chi connectivity index (χ0) is 14.2. The van der Waals surface area contributed by atoms with Gasteiger partial charge in [-0.15, -0.1) is 0 Å². The maximum absolute atomic E-state index is 12.4. The van der Waals surface area contributed by atoms with Gasteiger partial charge in [0.2, 0.25) is 0 Å². The van der Waals surface area contributed by atoms with Crippen LogP contribution in [0.25, 0.3) is 0 Å². The van der Waals surface area contributed by atoms with Crippen LogP contribution in [0.2, 0.25) is 0 Å². The lowest BCUT2D eigenvalue weighted by Gasteiger charge is -2.43. The highest BCUT2D eigenvalue weighted by atomic mass is 16.5. The minimum atomic E-state index is -0.287. The number of likely N-dealkylation sites (tertiary alicyclic amines) is 1. The third-order valence-electron chi connectivity index (χ3n) is 4.51. The smallest absolute Gasteiger partial charge is 0.170 e. The van der Waals surface area contributed by atoms with Gasteiger partial charge in [-0.1, -0.05) is 6.92 Å². The number of Topliss-reactive ketones (excluding diaryl/α,β-unsaturated/α-hetero) is 1. The van der Waals surface area contributed by atoms with E-state index in [0.29, 0.717) is 23.5 Å². The van der Waals surface area contributed by atoms with Crippen LogP contribution in [0.4, 0.5) is 0 Å². The Balaban J connectivity index is 1.84. The van der Waals surface area contributed by atoms with Crippen molar-refractivity contribution < 1.29 is 14.3 Å². The minimum absolute atomic E-state index is 0.176. The summed E-state index contributed by atoms with van der Waals surface area (Å²) < 4.78 is 11.4. The molecule has 0 unspecified atom stereocenters. The van der Waals surface area contributed by atoms with Gasteiger partial charge in [0, 0.05) is 25.9 Å². The van der Waals surface area contributed by atoms with Gasteiger partial charge >= 0.3 is 0 Å². The van der Waals surface area contributed by atoms with Crippen LogP contribution in [-0.4, -0.2) is 43.0 Å². The number of rotatable bonds is 2. The molecule has 0 radical (unpaired) electrons. The lowest BCUT2D eigenvalue weighted by atomic mass is 9.82. The van der Waals surface area contributed by atoms with Crippen molar-refractivity contribution in [3.05, 3.63) is 23.8 Å². The quantitative estimate of drug-likeness (QED) is 0.831. The van der Waals surface area contributed by atoms with E-state index in [4.69, 9.17) is 9.47 Å². The summed E-state index contributed by atoms with van der Waals surface area (Å²) in [6.45, 7) is 5.26. The van der Waals surface area contributed by atoms with E-state index in [1.165, 1.54) is 0 Å². The summed E-state index contributed by atoms with van der Waals surface area (Å²) >= 11 is 0. The molecule has 0 atom stereocenters. The van der Waals surface area contributed by atoms with Crippen molar-refractivity contribution in [2.45, 2.75) is 31.8 Å². The molecule has 2 aliphatic heterocycles. The number of ether oxygens (including phenoxy) is 2. The molecule has 2 heterocycles. The predicted octanol–water partition coefficient (Wildman–Crippen LogP) is 2.51. The molecule has 0 amide bonds. The lowest BCUT2D eigenvalue weighted by molar-refractivity contribution is -0.00786. The van der Waals surface area contributed by atoms with Gasteiger partial charge in [0.1, 0.15) is 17.1 Å². The van der Waals surface area contributed by atoms with Gasteiger partial charge in [-0.25, -0.2) is 0 Å². The second-order valence-corrected chi connectivity index (χ2v) is 5.68. The minimum Gasteiger partial charge on any atom is -0.497 e. The highest BCUT2D eigenvalue weighted by Gasteiger charge is 2.42. The molecule has 1 aromatic carbocycles. The average molecular weight is 275 g/mol. The Morgan fingerprint density at radius 2 is 2.10 bits per heavy atom. The number of fused-ring (bicyclic) bond motifs is 1. The van der Waals surface area contributed by atoms with Crippen molar-refractivity contribution >= 4 is 5.78 Å². The number of nitrogens with zero attached hydrogens (tertiary/aromatic N) is 1. The van der Waals surface area contributed by atoms with Crippen molar-refractivity contribution in [3.8, 4) is 11.5 Å². The van der Waals surface area contributed by atoms with Crippen molar-refractivity contribution in [3.63, 3.8) is 0 Å². The Kier molecular flexibility index (Phi) is 3.42. The van der Waals surface area contributed by atoms with E-state index in [-0.39, 0.29) is 11.4 Å². The fourth-order valence-electron chi connectivity index (χ4n) is 3.16. The Hall–Kier alpha value is -1.55. The first-order chi connectivity index (χ1) is 9.65. The molecule has 1 fully saturated rings. The van der Waals surface area contributed by atoms with Crippen molar-refractivity contribution in [2.75, 3.05) is 26.7 Å². The number of benzene rings is 1. The molecule has 1 saturated heterocycles. The molecule has 0 aromatic heterocycles. The zero-order valence-corrected chi connectivity index (χ0v) is 12.1. The zero-order valence-electron chi connectivity index (χ0n) is 12.1. The summed E-state index contributed by atoms with van der Waals surface area (Å²) in [4.78, 5) is 14.8. The maximum Gasteiger partial charge on any atom is 0.170 e. The predicted molar refractivity (Wildman–Crippen MR) is 76.6 cm³/mol. The molecule has 0 N–H and O–H groups in total. The van der Waals surface area contributed by atoms with Gasteiger partial charge in [0.15, 0.2) is 5.78 Å². The average Bonchev–Trinajstić information content (AvgIpc) is 2.48. The summed E-state index contributed by atoms with van der Waals surface area (Å²) in [5, 5.41) is 0. The molecule has 0 saturated carbocycles. The van der Waals surface area contributed by atoms with Crippen LogP contribution in [0.5, 0.6) is 11.5 Å². The Bertz CT molecular complexity index is 518. The highest BCUT2D eigenvalue weighted by Crippen LogP contribution is 2.40.